The van der Waals surface area contributed by atoms with E-state index in [1.807, 2.05) is 25.1 Å². The van der Waals surface area contributed by atoms with Crippen LogP contribution in [0, 0.1) is 6.92 Å². The van der Waals surface area contributed by atoms with Gasteiger partial charge in [-0.05, 0) is 32.8 Å². The topological polar surface area (TPSA) is 75.1 Å². The fourth-order valence-electron chi connectivity index (χ4n) is 3.66. The summed E-state index contributed by atoms with van der Waals surface area (Å²) in [4.78, 5) is 24.2. The van der Waals surface area contributed by atoms with Gasteiger partial charge in [0.1, 0.15) is 15.8 Å². The first-order valence-corrected chi connectivity index (χ1v) is 10.8. The van der Waals surface area contributed by atoms with Crippen molar-refractivity contribution in [1.82, 2.24) is 30.0 Å². The van der Waals surface area contributed by atoms with Crippen LogP contribution in [0.3, 0.4) is 0 Å². The van der Waals surface area contributed by atoms with Gasteiger partial charge < -0.3 is 4.90 Å². The number of rotatable bonds is 6. The molecule has 31 heavy (non-hydrogen) atoms. The molecule has 0 saturated carbocycles. The average Bonchev–Trinajstić information content (AvgIpc) is 3.22. The SMILES string of the molecule is [2H]C([2H])([2H])N(CC(F)F)C1CCN(C(=O)Cc2ncc3ccc(-c4nnc(C)s4)cc3n2)CC1. The van der Waals surface area contributed by atoms with Crippen molar-refractivity contribution in [3.63, 3.8) is 0 Å². The number of alkyl halides is 2. The van der Waals surface area contributed by atoms with Crippen LogP contribution in [0.15, 0.2) is 24.4 Å². The van der Waals surface area contributed by atoms with Gasteiger partial charge in [0, 0.05) is 40.4 Å². The molecule has 1 aromatic carbocycles. The van der Waals surface area contributed by atoms with Gasteiger partial charge in [0.05, 0.1) is 18.5 Å². The van der Waals surface area contributed by atoms with Crippen LogP contribution >= 0.6 is 11.3 Å². The van der Waals surface area contributed by atoms with Crippen LogP contribution < -0.4 is 0 Å². The number of benzene rings is 1. The molecule has 1 saturated heterocycles. The van der Waals surface area contributed by atoms with E-state index in [-0.39, 0.29) is 12.3 Å². The van der Waals surface area contributed by atoms with Gasteiger partial charge in [-0.1, -0.05) is 23.5 Å². The number of fused-ring (bicyclic) bond motifs is 1. The molecule has 1 amide bonds. The zero-order chi connectivity index (χ0) is 24.5. The van der Waals surface area contributed by atoms with Crippen molar-refractivity contribution in [2.45, 2.75) is 38.7 Å². The van der Waals surface area contributed by atoms with E-state index in [1.54, 1.807) is 11.1 Å². The highest BCUT2D eigenvalue weighted by atomic mass is 32.1. The molecule has 0 atom stereocenters. The Balaban J connectivity index is 1.41. The van der Waals surface area contributed by atoms with E-state index >= 15 is 0 Å². The molecule has 2 aromatic heterocycles. The van der Waals surface area contributed by atoms with E-state index < -0.39 is 26.0 Å². The lowest BCUT2D eigenvalue weighted by molar-refractivity contribution is -0.132. The number of likely N-dealkylation sites (tertiary alicyclic amines) is 1. The molecule has 1 fully saturated rings. The Labute approximate surface area is 187 Å². The summed E-state index contributed by atoms with van der Waals surface area (Å²) < 4.78 is 48.4. The summed E-state index contributed by atoms with van der Waals surface area (Å²) in [6, 6.07) is 5.19. The zero-order valence-corrected chi connectivity index (χ0v) is 17.8. The number of amides is 1. The van der Waals surface area contributed by atoms with Crippen LogP contribution in [0.2, 0.25) is 0 Å². The molecular formula is C21H24F2N6OS. The van der Waals surface area contributed by atoms with Crippen molar-refractivity contribution >= 4 is 28.1 Å². The lowest BCUT2D eigenvalue weighted by Gasteiger charge is -2.36. The molecule has 1 aliphatic rings. The number of carbonyl (C=O) groups is 1. The van der Waals surface area contributed by atoms with Crippen molar-refractivity contribution < 1.29 is 17.7 Å². The Hall–Kier alpha value is -2.59. The highest BCUT2D eigenvalue weighted by molar-refractivity contribution is 7.14. The van der Waals surface area contributed by atoms with E-state index in [1.165, 1.54) is 11.3 Å². The van der Waals surface area contributed by atoms with Crippen molar-refractivity contribution in [3.8, 4) is 10.6 Å². The van der Waals surface area contributed by atoms with Crippen LogP contribution in [-0.2, 0) is 11.2 Å². The number of aromatic nitrogens is 4. The van der Waals surface area contributed by atoms with Crippen LogP contribution in [0.5, 0.6) is 0 Å². The Bertz CT molecular complexity index is 1170. The molecule has 0 radical (unpaired) electrons. The molecule has 0 bridgehead atoms. The molecule has 7 nitrogen and oxygen atoms in total. The van der Waals surface area contributed by atoms with Crippen molar-refractivity contribution in [2.24, 2.45) is 0 Å². The van der Waals surface area contributed by atoms with E-state index in [2.05, 4.69) is 20.2 Å². The first-order valence-electron chi connectivity index (χ1n) is 11.5. The molecule has 0 N–H and O–H groups in total. The fraction of sp³-hybridized carbons (Fsp3) is 0.476. The predicted octanol–water partition coefficient (Wildman–Crippen LogP) is 3.19. The second-order valence-corrected chi connectivity index (χ2v) is 8.70. The third-order valence-corrected chi connectivity index (χ3v) is 6.20. The predicted molar refractivity (Wildman–Crippen MR) is 115 cm³/mol. The van der Waals surface area contributed by atoms with Crippen LogP contribution in [0.4, 0.5) is 8.78 Å². The molecule has 3 heterocycles. The van der Waals surface area contributed by atoms with Crippen molar-refractivity contribution in [1.29, 1.82) is 0 Å². The Kier molecular flexibility index (Phi) is 5.39. The maximum absolute atomic E-state index is 12.9. The van der Waals surface area contributed by atoms with Gasteiger partial charge in [0.25, 0.3) is 6.43 Å². The minimum atomic E-state index is -2.73. The van der Waals surface area contributed by atoms with E-state index in [0.29, 0.717) is 37.3 Å². The number of halogens is 2. The third-order valence-electron chi connectivity index (χ3n) is 5.31. The molecule has 4 rings (SSSR count). The number of carbonyl (C=O) groups excluding carboxylic acids is 1. The Morgan fingerprint density at radius 2 is 2.16 bits per heavy atom. The summed E-state index contributed by atoms with van der Waals surface area (Å²) in [7, 11) is 0. The smallest absolute Gasteiger partial charge is 0.251 e. The summed E-state index contributed by atoms with van der Waals surface area (Å²) in [5.41, 5.74) is 1.58. The number of piperidine rings is 1. The summed E-state index contributed by atoms with van der Waals surface area (Å²) >= 11 is 1.48. The van der Waals surface area contributed by atoms with Crippen LogP contribution in [-0.4, -0.2) is 74.9 Å². The van der Waals surface area contributed by atoms with Crippen LogP contribution in [0.25, 0.3) is 21.5 Å². The quantitative estimate of drug-likeness (QED) is 0.575. The van der Waals surface area contributed by atoms with Gasteiger partial charge in [-0.3, -0.25) is 9.69 Å². The monoisotopic (exact) mass is 449 g/mol. The van der Waals surface area contributed by atoms with Gasteiger partial charge in [-0.25, -0.2) is 18.7 Å². The van der Waals surface area contributed by atoms with Crippen molar-refractivity contribution in [2.75, 3.05) is 26.6 Å². The van der Waals surface area contributed by atoms with Gasteiger partial charge in [-0.2, -0.15) is 0 Å². The molecule has 0 spiro atoms. The average molecular weight is 450 g/mol. The van der Waals surface area contributed by atoms with Gasteiger partial charge in [0.15, 0.2) is 0 Å². The van der Waals surface area contributed by atoms with Crippen molar-refractivity contribution in [3.05, 3.63) is 35.2 Å². The summed E-state index contributed by atoms with van der Waals surface area (Å²) in [5.74, 6) is 0.204. The molecular weight excluding hydrogens is 422 g/mol. The lowest BCUT2D eigenvalue weighted by atomic mass is 10.0. The normalized spacial score (nSPS) is 17.2. The molecule has 0 unspecified atom stereocenters. The number of aryl methyl sites for hydroxylation is 1. The summed E-state index contributed by atoms with van der Waals surface area (Å²) in [6.45, 7) is -0.922. The summed E-state index contributed by atoms with van der Waals surface area (Å²) in [5, 5.41) is 10.7. The minimum absolute atomic E-state index is 0.00275. The van der Waals surface area contributed by atoms with E-state index in [4.69, 9.17) is 4.11 Å². The second-order valence-electron chi connectivity index (χ2n) is 7.52. The van der Waals surface area contributed by atoms with Gasteiger partial charge >= 0.3 is 0 Å². The standard InChI is InChI=1S/C21H24F2N6OS/c1-13-26-27-21(31-13)14-3-4-15-11-24-19(25-17(15)9-14)10-20(30)29-7-5-16(6-8-29)28(2)12-18(22)23/h3-4,9,11,16,18H,5-8,10,12H2,1-2H3/i2D3. The van der Waals surface area contributed by atoms with E-state index in [0.717, 1.165) is 25.9 Å². The Morgan fingerprint density at radius 3 is 2.84 bits per heavy atom. The lowest BCUT2D eigenvalue weighted by Crippen LogP contribution is -2.47. The third kappa shape index (κ3) is 5.19. The molecule has 164 valence electrons. The van der Waals surface area contributed by atoms with Gasteiger partial charge in [-0.15, -0.1) is 10.2 Å². The largest absolute Gasteiger partial charge is 0.342 e. The number of hydrogen-bond acceptors (Lipinski definition) is 7. The van der Waals surface area contributed by atoms with E-state index in [9.17, 15) is 13.6 Å². The molecule has 1 aliphatic heterocycles. The molecule has 0 aliphatic carbocycles. The number of nitrogens with zero attached hydrogens (tertiary/aromatic N) is 6. The fourth-order valence-corrected chi connectivity index (χ4v) is 4.35. The molecule has 3 aromatic rings. The van der Waals surface area contributed by atoms with Crippen LogP contribution in [0.1, 0.15) is 27.8 Å². The maximum atomic E-state index is 12.9. The second kappa shape index (κ2) is 9.27. The maximum Gasteiger partial charge on any atom is 0.251 e. The highest BCUT2D eigenvalue weighted by Crippen LogP contribution is 2.26. The highest BCUT2D eigenvalue weighted by Gasteiger charge is 2.26. The zero-order valence-electron chi connectivity index (χ0n) is 20.0. The first-order chi connectivity index (χ1) is 16.1. The molecule has 10 heteroatoms. The Morgan fingerprint density at radius 1 is 1.35 bits per heavy atom. The summed E-state index contributed by atoms with van der Waals surface area (Å²) in [6.07, 6.45) is -0.421. The first kappa shape index (κ1) is 18.0. The minimum Gasteiger partial charge on any atom is -0.342 e. The van der Waals surface area contributed by atoms with Gasteiger partial charge in [0.2, 0.25) is 5.91 Å². The number of hydrogen-bond donors (Lipinski definition) is 0.